The maximum Gasteiger partial charge on any atom is 0.412 e. The minimum atomic E-state index is -0.553. The highest BCUT2D eigenvalue weighted by Gasteiger charge is 2.16. The largest absolute Gasteiger partial charge is 0.497 e. The number of amides is 1. The molecule has 1 amide bonds. The number of hydrogen-bond acceptors (Lipinski definition) is 5. The molecule has 0 aromatic heterocycles. The first kappa shape index (κ1) is 19.3. The zero-order valence-electron chi connectivity index (χ0n) is 14.7. The van der Waals surface area contributed by atoms with Crippen molar-refractivity contribution in [1.29, 1.82) is 0 Å². The van der Waals surface area contributed by atoms with Crippen molar-refractivity contribution in [3.63, 3.8) is 0 Å². The van der Waals surface area contributed by atoms with Crippen LogP contribution in [0.3, 0.4) is 0 Å². The number of carbonyl (C=O) groups excluding carboxylic acids is 1. The molecule has 0 heterocycles. The predicted octanol–water partition coefficient (Wildman–Crippen LogP) is 3.93. The molecule has 138 valence electrons. The van der Waals surface area contributed by atoms with Gasteiger partial charge in [-0.05, 0) is 42.0 Å². The van der Waals surface area contributed by atoms with E-state index in [0.717, 1.165) is 5.56 Å². The van der Waals surface area contributed by atoms with Gasteiger partial charge in [-0.15, -0.1) is 6.58 Å². The molecule has 0 saturated carbocycles. The molecule has 2 aromatic rings. The van der Waals surface area contributed by atoms with Gasteiger partial charge in [-0.3, -0.25) is 5.32 Å². The zero-order chi connectivity index (χ0) is 18.8. The van der Waals surface area contributed by atoms with Crippen LogP contribution in [-0.4, -0.2) is 31.5 Å². The number of carbonyl (C=O) groups is 1. The second-order valence-electron chi connectivity index (χ2n) is 5.41. The van der Waals surface area contributed by atoms with Crippen LogP contribution in [0.15, 0.2) is 61.2 Å². The predicted molar refractivity (Wildman–Crippen MR) is 99.7 cm³/mol. The Morgan fingerprint density at radius 3 is 2.38 bits per heavy atom. The SMILES string of the molecule is C=CC[C@H](OC(=O)Nc1ccc(OC)cc1)c1ccc(OCCO)cc1. The molecule has 6 heteroatoms. The van der Waals surface area contributed by atoms with Crippen LogP contribution in [0.2, 0.25) is 0 Å². The smallest absolute Gasteiger partial charge is 0.412 e. The van der Waals surface area contributed by atoms with E-state index in [1.54, 1.807) is 49.6 Å². The normalized spacial score (nSPS) is 11.3. The van der Waals surface area contributed by atoms with Gasteiger partial charge in [-0.1, -0.05) is 18.2 Å². The third-order valence-corrected chi connectivity index (χ3v) is 3.58. The summed E-state index contributed by atoms with van der Waals surface area (Å²) in [6.45, 7) is 3.90. The van der Waals surface area contributed by atoms with E-state index in [-0.39, 0.29) is 13.2 Å². The summed E-state index contributed by atoms with van der Waals surface area (Å²) in [6, 6.07) is 14.1. The average molecular weight is 357 g/mol. The molecule has 0 aliphatic rings. The minimum absolute atomic E-state index is 0.0461. The highest BCUT2D eigenvalue weighted by molar-refractivity contribution is 5.84. The lowest BCUT2D eigenvalue weighted by Gasteiger charge is -2.18. The van der Waals surface area contributed by atoms with Crippen molar-refractivity contribution in [1.82, 2.24) is 0 Å². The minimum Gasteiger partial charge on any atom is -0.497 e. The van der Waals surface area contributed by atoms with Crippen molar-refractivity contribution >= 4 is 11.8 Å². The van der Waals surface area contributed by atoms with Crippen molar-refractivity contribution < 1.29 is 24.1 Å². The van der Waals surface area contributed by atoms with E-state index in [1.807, 2.05) is 12.1 Å². The number of aliphatic hydroxyl groups is 1. The summed E-state index contributed by atoms with van der Waals surface area (Å²) in [4.78, 5) is 12.2. The van der Waals surface area contributed by atoms with Crippen LogP contribution in [0, 0.1) is 0 Å². The lowest BCUT2D eigenvalue weighted by atomic mass is 10.1. The molecule has 0 unspecified atom stereocenters. The Morgan fingerprint density at radius 2 is 1.81 bits per heavy atom. The summed E-state index contributed by atoms with van der Waals surface area (Å²) in [7, 11) is 1.58. The van der Waals surface area contributed by atoms with Gasteiger partial charge in [-0.2, -0.15) is 0 Å². The summed E-state index contributed by atoms with van der Waals surface area (Å²) in [6.07, 6.45) is 1.16. The number of hydrogen-bond donors (Lipinski definition) is 2. The molecular formula is C20H23NO5. The van der Waals surface area contributed by atoms with Gasteiger partial charge < -0.3 is 19.3 Å². The van der Waals surface area contributed by atoms with E-state index in [4.69, 9.17) is 19.3 Å². The van der Waals surface area contributed by atoms with Gasteiger partial charge in [0.2, 0.25) is 0 Å². The Hall–Kier alpha value is -2.99. The van der Waals surface area contributed by atoms with Gasteiger partial charge >= 0.3 is 6.09 Å². The van der Waals surface area contributed by atoms with E-state index in [1.165, 1.54) is 0 Å². The van der Waals surface area contributed by atoms with Crippen LogP contribution in [0.4, 0.5) is 10.5 Å². The van der Waals surface area contributed by atoms with Gasteiger partial charge in [-0.25, -0.2) is 4.79 Å². The van der Waals surface area contributed by atoms with Crippen molar-refractivity contribution in [3.05, 3.63) is 66.7 Å². The molecule has 0 saturated heterocycles. The van der Waals surface area contributed by atoms with Gasteiger partial charge in [0.15, 0.2) is 0 Å². The van der Waals surface area contributed by atoms with Crippen LogP contribution in [0.5, 0.6) is 11.5 Å². The van der Waals surface area contributed by atoms with Gasteiger partial charge in [0, 0.05) is 12.1 Å². The van der Waals surface area contributed by atoms with Crippen LogP contribution in [0.25, 0.3) is 0 Å². The number of aliphatic hydroxyl groups excluding tert-OH is 1. The number of benzene rings is 2. The van der Waals surface area contributed by atoms with Crippen molar-refractivity contribution in [3.8, 4) is 11.5 Å². The van der Waals surface area contributed by atoms with E-state index in [2.05, 4.69) is 11.9 Å². The molecule has 0 aliphatic heterocycles. The van der Waals surface area contributed by atoms with Crippen LogP contribution in [-0.2, 0) is 4.74 Å². The van der Waals surface area contributed by atoms with Gasteiger partial charge in [0.1, 0.15) is 24.2 Å². The Morgan fingerprint density at radius 1 is 1.15 bits per heavy atom. The molecule has 0 fully saturated rings. The number of anilines is 1. The molecule has 2 aromatic carbocycles. The summed E-state index contributed by atoms with van der Waals surface area (Å²) < 4.78 is 15.9. The summed E-state index contributed by atoms with van der Waals surface area (Å²) in [5, 5.41) is 11.5. The Labute approximate surface area is 153 Å². The molecule has 1 atom stereocenters. The molecule has 0 radical (unpaired) electrons. The van der Waals surface area contributed by atoms with Crippen LogP contribution < -0.4 is 14.8 Å². The van der Waals surface area contributed by atoms with Crippen LogP contribution >= 0.6 is 0 Å². The molecule has 0 bridgehead atoms. The van der Waals surface area contributed by atoms with Crippen molar-refractivity contribution in [2.24, 2.45) is 0 Å². The maximum atomic E-state index is 12.2. The Balaban J connectivity index is 1.99. The highest BCUT2D eigenvalue weighted by atomic mass is 16.6. The first-order valence-corrected chi connectivity index (χ1v) is 8.22. The lowest BCUT2D eigenvalue weighted by Crippen LogP contribution is -2.17. The molecule has 6 nitrogen and oxygen atoms in total. The molecule has 2 rings (SSSR count). The van der Waals surface area contributed by atoms with Crippen molar-refractivity contribution in [2.75, 3.05) is 25.6 Å². The van der Waals surface area contributed by atoms with Gasteiger partial charge in [0.25, 0.3) is 0 Å². The van der Waals surface area contributed by atoms with E-state index in [0.29, 0.717) is 23.6 Å². The number of nitrogens with one attached hydrogen (secondary N) is 1. The number of ether oxygens (including phenoxy) is 3. The fourth-order valence-corrected chi connectivity index (χ4v) is 2.30. The van der Waals surface area contributed by atoms with Crippen LogP contribution in [0.1, 0.15) is 18.1 Å². The topological polar surface area (TPSA) is 77.0 Å². The van der Waals surface area contributed by atoms with Gasteiger partial charge in [0.05, 0.1) is 13.7 Å². The summed E-state index contributed by atoms with van der Waals surface area (Å²) >= 11 is 0. The van der Waals surface area contributed by atoms with E-state index >= 15 is 0 Å². The lowest BCUT2D eigenvalue weighted by molar-refractivity contribution is 0.112. The standard InChI is InChI=1S/C20H23NO5/c1-3-4-19(15-5-9-18(10-6-15)25-14-13-22)26-20(23)21-16-7-11-17(24-2)12-8-16/h3,5-12,19,22H,1,4,13-14H2,2H3,(H,21,23)/t19-/m0/s1. The molecule has 0 aliphatic carbocycles. The third kappa shape index (κ3) is 5.82. The highest BCUT2D eigenvalue weighted by Crippen LogP contribution is 2.25. The molecule has 0 spiro atoms. The van der Waals surface area contributed by atoms with E-state index < -0.39 is 12.2 Å². The fourth-order valence-electron chi connectivity index (χ4n) is 2.30. The Bertz CT molecular complexity index is 697. The first-order chi connectivity index (χ1) is 12.7. The number of rotatable bonds is 9. The second kappa shape index (κ2) is 10.1. The quantitative estimate of drug-likeness (QED) is 0.665. The molecular weight excluding hydrogens is 334 g/mol. The van der Waals surface area contributed by atoms with Crippen molar-refractivity contribution in [2.45, 2.75) is 12.5 Å². The van der Waals surface area contributed by atoms with E-state index in [9.17, 15) is 4.79 Å². The first-order valence-electron chi connectivity index (χ1n) is 8.22. The Kier molecular flexibility index (Phi) is 7.51. The maximum absolute atomic E-state index is 12.2. The molecule has 2 N–H and O–H groups in total. The third-order valence-electron chi connectivity index (χ3n) is 3.58. The fraction of sp³-hybridized carbons (Fsp3) is 0.250. The average Bonchev–Trinajstić information content (AvgIpc) is 2.67. The monoisotopic (exact) mass is 357 g/mol. The second-order valence-corrected chi connectivity index (χ2v) is 5.41. The number of methoxy groups -OCH3 is 1. The summed E-state index contributed by atoms with van der Waals surface area (Å²) in [5.74, 6) is 1.35. The summed E-state index contributed by atoms with van der Waals surface area (Å²) in [5.41, 5.74) is 1.44. The molecule has 26 heavy (non-hydrogen) atoms. The zero-order valence-corrected chi connectivity index (χ0v) is 14.7.